The summed E-state index contributed by atoms with van der Waals surface area (Å²) in [7, 11) is -4.03. The van der Waals surface area contributed by atoms with Crippen molar-refractivity contribution in [3.8, 4) is 5.75 Å². The molecule has 0 unspecified atom stereocenters. The van der Waals surface area contributed by atoms with Gasteiger partial charge in [-0.2, -0.15) is 0 Å². The van der Waals surface area contributed by atoms with Gasteiger partial charge in [0, 0.05) is 5.69 Å². The minimum Gasteiger partial charge on any atom is -0.508 e. The molecular formula is C11H10N2O5S2. The first-order valence-electron chi connectivity index (χ1n) is 5.30. The monoisotopic (exact) mass is 314 g/mol. The van der Waals surface area contributed by atoms with Crippen LogP contribution in [0.1, 0.15) is 16.1 Å². The third-order valence-electron chi connectivity index (χ3n) is 2.43. The van der Waals surface area contributed by atoms with Gasteiger partial charge >= 0.3 is 5.97 Å². The lowest BCUT2D eigenvalue weighted by Gasteiger charge is -2.08. The Morgan fingerprint density at radius 2 is 2.10 bits per heavy atom. The van der Waals surface area contributed by atoms with Crippen LogP contribution in [0, 0.1) is 6.92 Å². The summed E-state index contributed by atoms with van der Waals surface area (Å²) in [5.74, 6) is -1.37. The molecule has 2 rings (SSSR count). The summed E-state index contributed by atoms with van der Waals surface area (Å²) in [6.45, 7) is 1.61. The number of hydrogen-bond donors (Lipinski definition) is 3. The summed E-state index contributed by atoms with van der Waals surface area (Å²) in [6.07, 6.45) is 0. The highest BCUT2D eigenvalue weighted by Crippen LogP contribution is 2.25. The number of carboxylic acid groups (broad SMARTS) is 1. The third kappa shape index (κ3) is 2.73. The van der Waals surface area contributed by atoms with E-state index < -0.39 is 21.7 Å². The van der Waals surface area contributed by atoms with E-state index in [4.69, 9.17) is 5.11 Å². The number of carboxylic acids is 1. The number of carbonyl (C=O) groups is 1. The molecule has 20 heavy (non-hydrogen) atoms. The van der Waals surface area contributed by atoms with E-state index in [0.29, 0.717) is 5.56 Å². The molecule has 0 aliphatic heterocycles. The van der Waals surface area contributed by atoms with Crippen molar-refractivity contribution in [2.75, 3.05) is 4.72 Å². The zero-order valence-corrected chi connectivity index (χ0v) is 11.8. The molecule has 0 radical (unpaired) electrons. The maximum atomic E-state index is 12.1. The number of hydrogen-bond acceptors (Lipinski definition) is 6. The molecule has 106 valence electrons. The molecule has 3 N–H and O–H groups in total. The summed E-state index contributed by atoms with van der Waals surface area (Å²) < 4.78 is 26.1. The van der Waals surface area contributed by atoms with Crippen LogP contribution in [0.2, 0.25) is 0 Å². The molecule has 0 aliphatic rings. The predicted molar refractivity (Wildman–Crippen MR) is 72.7 cm³/mol. The van der Waals surface area contributed by atoms with Crippen LogP contribution in [0.15, 0.2) is 27.9 Å². The Hall–Kier alpha value is -2.13. The number of phenolic OH excluding ortho intramolecular Hbond substituents is 1. The minimum absolute atomic E-state index is 0.0389. The molecule has 2 aromatic rings. The maximum Gasteiger partial charge on any atom is 0.356 e. The standard InChI is InChI=1S/C11H10N2O5S2/c1-6-4-7(2-3-8(6)14)13-20(17,18)11-9(10(15)16)12-5-19-11/h2-5,13-14H,1H3,(H,15,16). The van der Waals surface area contributed by atoms with E-state index in [1.165, 1.54) is 18.2 Å². The van der Waals surface area contributed by atoms with Gasteiger partial charge in [0.25, 0.3) is 10.0 Å². The van der Waals surface area contributed by atoms with Crippen molar-refractivity contribution in [1.29, 1.82) is 0 Å². The van der Waals surface area contributed by atoms with Crippen LogP contribution >= 0.6 is 11.3 Å². The number of rotatable bonds is 4. The number of sulfonamides is 1. The van der Waals surface area contributed by atoms with Gasteiger partial charge in [-0.05, 0) is 30.7 Å². The summed E-state index contributed by atoms with van der Waals surface area (Å²) in [5.41, 5.74) is 1.36. The second kappa shape index (κ2) is 5.10. The van der Waals surface area contributed by atoms with E-state index in [1.54, 1.807) is 6.92 Å². The molecule has 0 bridgehead atoms. The summed E-state index contributed by atoms with van der Waals surface area (Å²) in [5, 5.41) is 18.3. The highest BCUT2D eigenvalue weighted by atomic mass is 32.2. The van der Waals surface area contributed by atoms with E-state index in [0.717, 1.165) is 16.8 Å². The van der Waals surface area contributed by atoms with Crippen molar-refractivity contribution in [3.63, 3.8) is 0 Å². The molecule has 0 saturated heterocycles. The predicted octanol–water partition coefficient (Wildman–Crippen LogP) is 1.66. The quantitative estimate of drug-likeness (QED) is 0.739. The Labute approximate surface area is 118 Å². The van der Waals surface area contributed by atoms with Crippen molar-refractivity contribution < 1.29 is 23.4 Å². The number of aromatic carboxylic acids is 1. The van der Waals surface area contributed by atoms with Crippen molar-refractivity contribution in [2.24, 2.45) is 0 Å². The fourth-order valence-electron chi connectivity index (χ4n) is 1.49. The molecule has 0 atom stereocenters. The van der Waals surface area contributed by atoms with E-state index in [-0.39, 0.29) is 15.6 Å². The number of thiazole rings is 1. The number of phenols is 1. The van der Waals surface area contributed by atoms with Gasteiger partial charge in [-0.3, -0.25) is 4.72 Å². The van der Waals surface area contributed by atoms with Gasteiger partial charge in [-0.25, -0.2) is 18.2 Å². The first kappa shape index (κ1) is 14.3. The van der Waals surface area contributed by atoms with Gasteiger partial charge in [0.05, 0.1) is 5.51 Å². The van der Waals surface area contributed by atoms with Gasteiger partial charge in [0.2, 0.25) is 0 Å². The van der Waals surface area contributed by atoms with E-state index >= 15 is 0 Å². The zero-order valence-electron chi connectivity index (χ0n) is 10.2. The van der Waals surface area contributed by atoms with Gasteiger partial charge in [-0.15, -0.1) is 11.3 Å². The minimum atomic E-state index is -4.03. The third-order valence-corrected chi connectivity index (χ3v) is 5.18. The first-order chi connectivity index (χ1) is 9.31. The molecule has 0 spiro atoms. The van der Waals surface area contributed by atoms with E-state index in [2.05, 4.69) is 9.71 Å². The smallest absolute Gasteiger partial charge is 0.356 e. The number of benzene rings is 1. The molecule has 0 fully saturated rings. The Balaban J connectivity index is 2.38. The van der Waals surface area contributed by atoms with Crippen LogP contribution in [-0.2, 0) is 10.0 Å². The second-order valence-corrected chi connectivity index (χ2v) is 6.63. The number of aromatic hydroxyl groups is 1. The number of aryl methyl sites for hydroxylation is 1. The largest absolute Gasteiger partial charge is 0.508 e. The van der Waals surface area contributed by atoms with Crippen LogP contribution < -0.4 is 4.72 Å². The highest BCUT2D eigenvalue weighted by molar-refractivity contribution is 7.94. The van der Waals surface area contributed by atoms with Crippen LogP contribution in [0.3, 0.4) is 0 Å². The molecule has 0 aliphatic carbocycles. The molecule has 1 heterocycles. The van der Waals surface area contributed by atoms with Crippen LogP contribution in [0.25, 0.3) is 0 Å². The number of anilines is 1. The Bertz CT molecular complexity index is 767. The molecule has 0 saturated carbocycles. The summed E-state index contributed by atoms with van der Waals surface area (Å²) in [6, 6.07) is 4.16. The lowest BCUT2D eigenvalue weighted by molar-refractivity contribution is 0.0687. The van der Waals surface area contributed by atoms with Crippen LogP contribution in [-0.4, -0.2) is 29.6 Å². The Morgan fingerprint density at radius 1 is 1.40 bits per heavy atom. The first-order valence-corrected chi connectivity index (χ1v) is 7.67. The Kier molecular flexibility index (Phi) is 3.64. The maximum absolute atomic E-state index is 12.1. The molecule has 1 aromatic heterocycles. The fraction of sp³-hybridized carbons (Fsp3) is 0.0909. The van der Waals surface area contributed by atoms with Gasteiger partial charge < -0.3 is 10.2 Å². The SMILES string of the molecule is Cc1cc(NS(=O)(=O)c2scnc2C(=O)O)ccc1O. The normalized spacial score (nSPS) is 11.2. The fourth-order valence-corrected chi connectivity index (χ4v) is 3.68. The average Bonchev–Trinajstić information content (AvgIpc) is 2.83. The molecule has 7 nitrogen and oxygen atoms in total. The Morgan fingerprint density at radius 3 is 2.70 bits per heavy atom. The van der Waals surface area contributed by atoms with Gasteiger partial charge in [0.15, 0.2) is 9.90 Å². The molecule has 9 heteroatoms. The van der Waals surface area contributed by atoms with Crippen molar-refractivity contribution in [3.05, 3.63) is 35.0 Å². The zero-order chi connectivity index (χ0) is 14.9. The van der Waals surface area contributed by atoms with Crippen molar-refractivity contribution >= 4 is 33.0 Å². The molecule has 0 amide bonds. The van der Waals surface area contributed by atoms with Crippen molar-refractivity contribution in [1.82, 2.24) is 4.98 Å². The lowest BCUT2D eigenvalue weighted by atomic mass is 10.2. The summed E-state index contributed by atoms with van der Waals surface area (Å²) >= 11 is 0.720. The van der Waals surface area contributed by atoms with Crippen molar-refractivity contribution in [2.45, 2.75) is 11.1 Å². The van der Waals surface area contributed by atoms with Gasteiger partial charge in [0.1, 0.15) is 5.75 Å². The van der Waals surface area contributed by atoms with Crippen LogP contribution in [0.5, 0.6) is 5.75 Å². The lowest BCUT2D eigenvalue weighted by Crippen LogP contribution is -2.15. The van der Waals surface area contributed by atoms with E-state index in [9.17, 15) is 18.3 Å². The van der Waals surface area contributed by atoms with E-state index in [1.807, 2.05) is 0 Å². The second-order valence-electron chi connectivity index (χ2n) is 3.90. The number of nitrogens with zero attached hydrogens (tertiary/aromatic N) is 1. The molecule has 1 aromatic carbocycles. The van der Waals surface area contributed by atoms with Gasteiger partial charge in [-0.1, -0.05) is 0 Å². The average molecular weight is 314 g/mol. The topological polar surface area (TPSA) is 117 Å². The highest BCUT2D eigenvalue weighted by Gasteiger charge is 2.25. The number of aromatic nitrogens is 1. The van der Waals surface area contributed by atoms with Crippen LogP contribution in [0.4, 0.5) is 5.69 Å². The molecular weight excluding hydrogens is 304 g/mol. The number of nitrogens with one attached hydrogen (secondary N) is 1. The summed E-state index contributed by atoms with van der Waals surface area (Å²) in [4.78, 5) is 14.4.